The summed E-state index contributed by atoms with van der Waals surface area (Å²) in [4.78, 5) is 14.0. The number of carbonyl (C=O) groups is 1. The number of anilines is 1. The number of benzene rings is 1. The fourth-order valence-electron chi connectivity index (χ4n) is 2.24. The van der Waals surface area contributed by atoms with Gasteiger partial charge >= 0.3 is 5.97 Å². The first kappa shape index (κ1) is 12.9. The molecule has 0 atom stereocenters. The van der Waals surface area contributed by atoms with Crippen LogP contribution in [0.5, 0.6) is 0 Å². The highest BCUT2D eigenvalue weighted by Gasteiger charge is 2.12. The van der Waals surface area contributed by atoms with E-state index in [0.717, 1.165) is 19.5 Å². The summed E-state index contributed by atoms with van der Waals surface area (Å²) in [5.41, 5.74) is 1.85. The Labute approximate surface area is 109 Å². The number of hydrogen-bond acceptors (Lipinski definition) is 3. The van der Waals surface area contributed by atoms with Crippen molar-refractivity contribution in [1.29, 1.82) is 0 Å². The lowest BCUT2D eigenvalue weighted by Crippen LogP contribution is -2.29. The van der Waals surface area contributed by atoms with Crippen molar-refractivity contribution in [3.8, 4) is 0 Å². The lowest BCUT2D eigenvalue weighted by molar-refractivity contribution is 0.0505. The quantitative estimate of drug-likeness (QED) is 0.765. The number of nitrogens with zero attached hydrogens (tertiary/aromatic N) is 1. The fraction of sp³-hybridized carbons (Fsp3) is 0.533. The minimum atomic E-state index is -0.220. The summed E-state index contributed by atoms with van der Waals surface area (Å²) < 4.78 is 5.11. The first-order valence-electron chi connectivity index (χ1n) is 6.83. The summed E-state index contributed by atoms with van der Waals surface area (Å²) >= 11 is 0. The zero-order chi connectivity index (χ0) is 12.8. The van der Waals surface area contributed by atoms with Gasteiger partial charge in [0.2, 0.25) is 0 Å². The maximum Gasteiger partial charge on any atom is 0.338 e. The van der Waals surface area contributed by atoms with Crippen molar-refractivity contribution in [2.45, 2.75) is 32.6 Å². The predicted molar refractivity (Wildman–Crippen MR) is 73.1 cm³/mol. The van der Waals surface area contributed by atoms with Crippen molar-refractivity contribution in [3.05, 3.63) is 29.8 Å². The lowest BCUT2D eigenvalue weighted by Gasteiger charge is -2.28. The van der Waals surface area contributed by atoms with Crippen LogP contribution >= 0.6 is 0 Å². The molecule has 0 N–H and O–H groups in total. The molecule has 0 unspecified atom stereocenters. The summed E-state index contributed by atoms with van der Waals surface area (Å²) in [6, 6.07) is 7.77. The Morgan fingerprint density at radius 1 is 1.17 bits per heavy atom. The van der Waals surface area contributed by atoms with E-state index < -0.39 is 0 Å². The number of carbonyl (C=O) groups excluding carboxylic acids is 1. The van der Waals surface area contributed by atoms with Crippen LogP contribution in [0.3, 0.4) is 0 Å². The third-order valence-corrected chi connectivity index (χ3v) is 3.26. The normalized spacial score (nSPS) is 15.5. The van der Waals surface area contributed by atoms with E-state index in [1.807, 2.05) is 31.2 Å². The van der Waals surface area contributed by atoms with Gasteiger partial charge in [0.25, 0.3) is 0 Å². The van der Waals surface area contributed by atoms with Gasteiger partial charge < -0.3 is 9.64 Å². The van der Waals surface area contributed by atoms with Gasteiger partial charge in [0.15, 0.2) is 0 Å². The average Bonchev–Trinajstić information content (AvgIpc) is 2.46. The van der Waals surface area contributed by atoms with Crippen molar-refractivity contribution < 1.29 is 9.53 Å². The molecule has 1 aliphatic rings. The molecule has 1 heterocycles. The molecule has 18 heavy (non-hydrogen) atoms. The Balaban J connectivity index is 1.98. The molecule has 0 radical (unpaired) electrons. The van der Waals surface area contributed by atoms with Gasteiger partial charge in [-0.3, -0.25) is 0 Å². The van der Waals surface area contributed by atoms with Crippen molar-refractivity contribution >= 4 is 11.7 Å². The topological polar surface area (TPSA) is 29.5 Å². The molecule has 3 nitrogen and oxygen atoms in total. The molecule has 3 heteroatoms. The van der Waals surface area contributed by atoms with Gasteiger partial charge in [-0.25, -0.2) is 4.79 Å². The largest absolute Gasteiger partial charge is 0.462 e. The molecule has 2 rings (SSSR count). The Bertz CT molecular complexity index is 380. The van der Waals surface area contributed by atoms with E-state index in [4.69, 9.17) is 4.74 Å². The zero-order valence-electron chi connectivity index (χ0n) is 11.0. The van der Waals surface area contributed by atoms with E-state index in [0.29, 0.717) is 12.2 Å². The third kappa shape index (κ3) is 3.25. The van der Waals surface area contributed by atoms with Crippen LogP contribution in [-0.4, -0.2) is 25.7 Å². The highest BCUT2D eigenvalue weighted by molar-refractivity contribution is 5.89. The highest BCUT2D eigenvalue weighted by atomic mass is 16.5. The van der Waals surface area contributed by atoms with Gasteiger partial charge in [-0.05, 0) is 49.9 Å². The van der Waals surface area contributed by atoms with Crippen molar-refractivity contribution in [2.75, 3.05) is 24.6 Å². The van der Waals surface area contributed by atoms with E-state index in [9.17, 15) is 4.79 Å². The molecular formula is C15H21NO2. The smallest absolute Gasteiger partial charge is 0.338 e. The van der Waals surface area contributed by atoms with Gasteiger partial charge in [-0.1, -0.05) is 6.92 Å². The van der Waals surface area contributed by atoms with E-state index in [2.05, 4.69) is 4.90 Å². The zero-order valence-corrected chi connectivity index (χ0v) is 11.0. The number of rotatable bonds is 4. The summed E-state index contributed by atoms with van der Waals surface area (Å²) in [5, 5.41) is 0. The number of piperidine rings is 1. The van der Waals surface area contributed by atoms with Gasteiger partial charge in [0.1, 0.15) is 0 Å². The second-order valence-corrected chi connectivity index (χ2v) is 4.73. The van der Waals surface area contributed by atoms with Crippen molar-refractivity contribution in [1.82, 2.24) is 0 Å². The lowest BCUT2D eigenvalue weighted by atomic mass is 10.1. The molecule has 0 bridgehead atoms. The molecule has 1 aliphatic heterocycles. The highest BCUT2D eigenvalue weighted by Crippen LogP contribution is 2.20. The molecule has 1 saturated heterocycles. The number of ether oxygens (including phenoxy) is 1. The minimum Gasteiger partial charge on any atom is -0.462 e. The summed E-state index contributed by atoms with van der Waals surface area (Å²) in [6.45, 7) is 4.73. The van der Waals surface area contributed by atoms with Crippen LogP contribution in [0, 0.1) is 0 Å². The summed E-state index contributed by atoms with van der Waals surface area (Å²) in [6.07, 6.45) is 4.72. The van der Waals surface area contributed by atoms with Crippen LogP contribution in [0.15, 0.2) is 24.3 Å². The summed E-state index contributed by atoms with van der Waals surface area (Å²) in [5.74, 6) is -0.220. The maximum absolute atomic E-state index is 11.7. The Morgan fingerprint density at radius 2 is 1.83 bits per heavy atom. The average molecular weight is 247 g/mol. The van der Waals surface area contributed by atoms with Crippen LogP contribution in [-0.2, 0) is 4.74 Å². The fourth-order valence-corrected chi connectivity index (χ4v) is 2.24. The van der Waals surface area contributed by atoms with Gasteiger partial charge in [-0.2, -0.15) is 0 Å². The minimum absolute atomic E-state index is 0.220. The van der Waals surface area contributed by atoms with Crippen LogP contribution in [0.2, 0.25) is 0 Å². The Kier molecular flexibility index (Phi) is 4.62. The van der Waals surface area contributed by atoms with E-state index >= 15 is 0 Å². The molecule has 1 aromatic rings. The maximum atomic E-state index is 11.7. The standard InChI is InChI=1S/C15H21NO2/c1-2-12-18-15(17)13-6-8-14(9-7-13)16-10-4-3-5-11-16/h6-9H,2-5,10-12H2,1H3. The van der Waals surface area contributed by atoms with E-state index in [1.165, 1.54) is 24.9 Å². The van der Waals surface area contributed by atoms with Gasteiger partial charge in [-0.15, -0.1) is 0 Å². The third-order valence-electron chi connectivity index (χ3n) is 3.26. The van der Waals surface area contributed by atoms with E-state index in [-0.39, 0.29) is 5.97 Å². The summed E-state index contributed by atoms with van der Waals surface area (Å²) in [7, 11) is 0. The van der Waals surface area contributed by atoms with Gasteiger partial charge in [0, 0.05) is 18.8 Å². The SMILES string of the molecule is CCCOC(=O)c1ccc(N2CCCCC2)cc1. The molecule has 1 fully saturated rings. The monoisotopic (exact) mass is 247 g/mol. The molecule has 1 aromatic carbocycles. The molecule has 0 amide bonds. The molecule has 0 aromatic heterocycles. The number of esters is 1. The first-order valence-corrected chi connectivity index (χ1v) is 6.83. The van der Waals surface area contributed by atoms with Gasteiger partial charge in [0.05, 0.1) is 12.2 Å². The molecule has 98 valence electrons. The van der Waals surface area contributed by atoms with Crippen LogP contribution in [0.1, 0.15) is 43.0 Å². The molecule has 0 aliphatic carbocycles. The Morgan fingerprint density at radius 3 is 2.44 bits per heavy atom. The molecule has 0 spiro atoms. The number of hydrogen-bond donors (Lipinski definition) is 0. The molecule has 0 saturated carbocycles. The van der Waals surface area contributed by atoms with Crippen molar-refractivity contribution in [2.24, 2.45) is 0 Å². The molecular weight excluding hydrogens is 226 g/mol. The second kappa shape index (κ2) is 6.43. The van der Waals surface area contributed by atoms with Crippen LogP contribution < -0.4 is 4.90 Å². The van der Waals surface area contributed by atoms with Crippen LogP contribution in [0.25, 0.3) is 0 Å². The second-order valence-electron chi connectivity index (χ2n) is 4.73. The van der Waals surface area contributed by atoms with Crippen molar-refractivity contribution in [3.63, 3.8) is 0 Å². The predicted octanol–water partition coefficient (Wildman–Crippen LogP) is 3.24. The van der Waals surface area contributed by atoms with Crippen LogP contribution in [0.4, 0.5) is 5.69 Å². The Hall–Kier alpha value is -1.51. The van der Waals surface area contributed by atoms with E-state index in [1.54, 1.807) is 0 Å². The first-order chi connectivity index (χ1) is 8.81.